The molecule has 5 heterocycles. The number of rotatable bonds is 10. The van der Waals surface area contributed by atoms with Gasteiger partial charge in [0.25, 0.3) is 0 Å². The Kier molecular flexibility index (Phi) is 13.5. The van der Waals surface area contributed by atoms with Crippen molar-refractivity contribution in [1.29, 1.82) is 0 Å². The second-order valence-corrected chi connectivity index (χ2v) is 18.4. The molecule has 0 amide bonds. The summed E-state index contributed by atoms with van der Waals surface area (Å²) in [5, 5.41) is 0.0724. The minimum absolute atomic E-state index is 0.0157. The van der Waals surface area contributed by atoms with E-state index in [0.29, 0.717) is 58.4 Å². The van der Waals surface area contributed by atoms with E-state index in [1.807, 2.05) is 12.2 Å². The number of halogens is 4. The number of carbonyl (C=O) groups excluding carboxylic acids is 1. The largest absolute Gasteiger partial charge is 0.442 e. The molecule has 10 nitrogen and oxygen atoms in total. The summed E-state index contributed by atoms with van der Waals surface area (Å²) in [6.07, 6.45) is 3.97. The fourth-order valence-electron chi connectivity index (χ4n) is 9.48. The number of morpholine rings is 4. The van der Waals surface area contributed by atoms with Gasteiger partial charge in [0.15, 0.2) is 5.60 Å². The zero-order valence-electron chi connectivity index (χ0n) is 36.5. The Bertz CT molecular complexity index is 2340. The number of hydrogen-bond donors (Lipinski definition) is 0. The van der Waals surface area contributed by atoms with Gasteiger partial charge in [-0.25, -0.2) is 4.79 Å². The lowest BCUT2D eigenvalue weighted by molar-refractivity contribution is 0.0300. The van der Waals surface area contributed by atoms with Crippen molar-refractivity contribution < 1.29 is 28.5 Å². The lowest BCUT2D eigenvalue weighted by atomic mass is 9.83. The summed E-state index contributed by atoms with van der Waals surface area (Å²) in [6.45, 7) is 11.8. The van der Waals surface area contributed by atoms with Crippen LogP contribution in [0.4, 0.5) is 22.7 Å². The number of nitrogens with zero attached hydrogens (tertiary/aromatic N) is 4. The summed E-state index contributed by atoms with van der Waals surface area (Å²) in [5.41, 5.74) is 8.31. The summed E-state index contributed by atoms with van der Waals surface area (Å²) in [4.78, 5) is 23.8. The molecule has 5 aromatic carbocycles. The molecule has 14 heteroatoms. The van der Waals surface area contributed by atoms with Crippen molar-refractivity contribution in [1.82, 2.24) is 0 Å². The smallest absolute Gasteiger partial charge is 0.341 e. The molecule has 0 radical (unpaired) electrons. The molecule has 0 bridgehead atoms. The third-order valence-corrected chi connectivity index (χ3v) is 14.9. The molecule has 0 spiro atoms. The van der Waals surface area contributed by atoms with Crippen LogP contribution in [-0.2, 0) is 29.3 Å². The van der Waals surface area contributed by atoms with Crippen molar-refractivity contribution in [2.24, 2.45) is 0 Å². The van der Waals surface area contributed by atoms with Gasteiger partial charge in [-0.05, 0) is 94.1 Å². The van der Waals surface area contributed by atoms with Crippen molar-refractivity contribution in [2.75, 3.05) is 125 Å². The van der Waals surface area contributed by atoms with Gasteiger partial charge >= 0.3 is 5.97 Å². The molecule has 0 atom stereocenters. The maximum absolute atomic E-state index is 14.5. The van der Waals surface area contributed by atoms with E-state index in [1.54, 1.807) is 0 Å². The molecule has 5 aliphatic heterocycles. The second kappa shape index (κ2) is 19.8. The zero-order valence-corrected chi connectivity index (χ0v) is 39.5. The molecule has 342 valence electrons. The second-order valence-electron chi connectivity index (χ2n) is 16.9. The highest BCUT2D eigenvalue weighted by Gasteiger charge is 2.48. The van der Waals surface area contributed by atoms with E-state index in [9.17, 15) is 4.79 Å². The van der Waals surface area contributed by atoms with Crippen LogP contribution >= 0.6 is 46.4 Å². The minimum Gasteiger partial charge on any atom is -0.442 e. The molecule has 0 unspecified atom stereocenters. The van der Waals surface area contributed by atoms with E-state index in [4.69, 9.17) is 70.1 Å². The predicted molar refractivity (Wildman–Crippen MR) is 266 cm³/mol. The van der Waals surface area contributed by atoms with Crippen LogP contribution in [-0.4, -0.2) is 111 Å². The van der Waals surface area contributed by atoms with E-state index in [1.165, 1.54) is 0 Å². The number of anilines is 4. The monoisotopic (exact) mass is 966 g/mol. The first kappa shape index (κ1) is 45.1. The average Bonchev–Trinajstić information content (AvgIpc) is 3.68. The Labute approximate surface area is 405 Å². The summed E-state index contributed by atoms with van der Waals surface area (Å²) in [5.74, 6) is -0.669. The molecule has 0 aromatic heterocycles. The van der Waals surface area contributed by atoms with E-state index >= 15 is 0 Å². The number of ether oxygens (including phenoxy) is 5. The summed E-state index contributed by atoms with van der Waals surface area (Å²) < 4.78 is 29.4. The van der Waals surface area contributed by atoms with Crippen LogP contribution in [0.25, 0.3) is 11.1 Å². The fourth-order valence-corrected chi connectivity index (χ4v) is 10.6. The third-order valence-electron chi connectivity index (χ3n) is 13.1. The van der Waals surface area contributed by atoms with Crippen LogP contribution in [0.1, 0.15) is 38.2 Å². The highest BCUT2D eigenvalue weighted by atomic mass is 35.5. The van der Waals surface area contributed by atoms with E-state index < -0.39 is 11.6 Å². The van der Waals surface area contributed by atoms with Crippen molar-refractivity contribution >= 4 is 86.3 Å². The summed E-state index contributed by atoms with van der Waals surface area (Å²) in [6, 6.07) is 33.9. The fraction of sp³-hybridized carbons (Fsp3) is 0.327. The van der Waals surface area contributed by atoms with Crippen LogP contribution in [0.15, 0.2) is 109 Å². The van der Waals surface area contributed by atoms with Gasteiger partial charge in [0.2, 0.25) is 0 Å². The Balaban J connectivity index is 1.19. The van der Waals surface area contributed by atoms with E-state index in [-0.39, 0.29) is 25.7 Å². The first-order chi connectivity index (χ1) is 32.3. The van der Waals surface area contributed by atoms with Gasteiger partial charge in [0.1, 0.15) is 0 Å². The Morgan fingerprint density at radius 2 is 0.682 bits per heavy atom. The molecular formula is C52H50Cl4N4O6. The first-order valence-corrected chi connectivity index (χ1v) is 24.1. The van der Waals surface area contributed by atoms with Crippen molar-refractivity contribution in [3.63, 3.8) is 0 Å². The maximum Gasteiger partial charge on any atom is 0.341 e. The number of fused-ring (bicyclic) bond motifs is 1. The van der Waals surface area contributed by atoms with Crippen LogP contribution < -0.4 is 19.6 Å². The molecule has 5 aromatic rings. The number of benzene rings is 5. The van der Waals surface area contributed by atoms with Crippen LogP contribution in [0.2, 0.25) is 20.1 Å². The van der Waals surface area contributed by atoms with Gasteiger partial charge in [-0.1, -0.05) is 94.9 Å². The number of esters is 1. The highest BCUT2D eigenvalue weighted by Crippen LogP contribution is 2.54. The van der Waals surface area contributed by atoms with Crippen LogP contribution in [0.5, 0.6) is 0 Å². The van der Waals surface area contributed by atoms with Crippen molar-refractivity contribution in [3.05, 3.63) is 163 Å². The number of cyclic esters (lactones) is 1. The normalized spacial score (nSPS) is 18.5. The maximum atomic E-state index is 14.5. The summed E-state index contributed by atoms with van der Waals surface area (Å²) >= 11 is 27.9. The van der Waals surface area contributed by atoms with Gasteiger partial charge in [-0.3, -0.25) is 0 Å². The van der Waals surface area contributed by atoms with Gasteiger partial charge in [-0.2, -0.15) is 0 Å². The Morgan fingerprint density at radius 3 is 0.970 bits per heavy atom. The van der Waals surface area contributed by atoms with E-state index in [2.05, 4.69) is 117 Å². The number of carbonyl (C=O) groups is 1. The summed E-state index contributed by atoms with van der Waals surface area (Å²) in [7, 11) is 0. The van der Waals surface area contributed by atoms with Gasteiger partial charge < -0.3 is 43.3 Å². The first-order valence-electron chi connectivity index (χ1n) is 22.5. The average molecular weight is 969 g/mol. The topological polar surface area (TPSA) is 76.2 Å². The third kappa shape index (κ3) is 9.15. The van der Waals surface area contributed by atoms with Crippen molar-refractivity contribution in [2.45, 2.75) is 5.60 Å². The molecule has 4 fully saturated rings. The Hall–Kier alpha value is -4.75. The molecule has 0 aliphatic carbocycles. The molecule has 0 saturated carbocycles. The Morgan fingerprint density at radius 1 is 0.409 bits per heavy atom. The minimum atomic E-state index is -1.65. The molecular weight excluding hydrogens is 918 g/mol. The molecule has 10 rings (SSSR count). The van der Waals surface area contributed by atoms with Gasteiger partial charge in [0, 0.05) is 80.7 Å². The van der Waals surface area contributed by atoms with Crippen LogP contribution in [0, 0.1) is 0 Å². The van der Waals surface area contributed by atoms with E-state index in [0.717, 1.165) is 109 Å². The quantitative estimate of drug-likeness (QED) is 0.0767. The molecule has 66 heavy (non-hydrogen) atoms. The van der Waals surface area contributed by atoms with Gasteiger partial charge in [-0.15, -0.1) is 0 Å². The van der Waals surface area contributed by atoms with Gasteiger partial charge in [0.05, 0.1) is 78.5 Å². The molecule has 4 saturated heterocycles. The molecule has 0 N–H and O–H groups in total. The highest BCUT2D eigenvalue weighted by molar-refractivity contribution is 6.53. The number of hydrogen-bond acceptors (Lipinski definition) is 10. The predicted octanol–water partition coefficient (Wildman–Crippen LogP) is 10.3. The zero-order chi connectivity index (χ0) is 45.2. The van der Waals surface area contributed by atoms with Crippen molar-refractivity contribution in [3.8, 4) is 0 Å². The lowest BCUT2D eigenvalue weighted by Crippen LogP contribution is -2.36. The standard InChI is InChI=1S/C52H50Cl4N4O6/c53-47-45-46(48(54)50(56)49(47)55)52(66-51(45)61,33-43(35-1-9-39(10-2-35)57-17-25-62-26-18-57)36-3-11-40(12-4-36)58-19-27-63-28-20-58)34-44(37-5-13-41(14-6-37)59-21-29-64-30-22-59)38-7-15-42(16-8-38)60-23-31-65-32-24-60/h1-16,33-34H,17-32H2. The van der Waals surface area contributed by atoms with Crippen LogP contribution in [0.3, 0.4) is 0 Å². The lowest BCUT2D eigenvalue weighted by Gasteiger charge is -2.30. The SMILES string of the molecule is O=C1OC(C=C(c2ccc(N3CCOCC3)cc2)c2ccc(N3CCOCC3)cc2)(C=C(c2ccc(N3CCOCC3)cc2)c2ccc(N3CCOCC3)cc2)c2c(Cl)c(Cl)c(Cl)c(Cl)c21. The molecule has 5 aliphatic rings.